The summed E-state index contributed by atoms with van der Waals surface area (Å²) in [5, 5.41) is 6.41. The molecule has 0 aliphatic rings. The van der Waals surface area contributed by atoms with E-state index in [0.717, 1.165) is 42.6 Å². The van der Waals surface area contributed by atoms with Gasteiger partial charge in [0.2, 0.25) is 0 Å². The number of anilines is 1. The average Bonchev–Trinajstić information content (AvgIpc) is 2.42. The van der Waals surface area contributed by atoms with Gasteiger partial charge >= 0.3 is 0 Å². The molecule has 0 bridgehead atoms. The van der Waals surface area contributed by atoms with Crippen molar-refractivity contribution in [2.24, 2.45) is 0 Å². The first kappa shape index (κ1) is 15.5. The maximum absolute atomic E-state index is 12.2. The third-order valence-electron chi connectivity index (χ3n) is 3.37. The fourth-order valence-electron chi connectivity index (χ4n) is 2.05. The summed E-state index contributed by atoms with van der Waals surface area (Å²) >= 11 is 0. The molecule has 19 heavy (non-hydrogen) atoms. The van der Waals surface area contributed by atoms with Crippen molar-refractivity contribution in [3.63, 3.8) is 0 Å². The molecule has 0 aliphatic heterocycles. The number of hydrogen-bond donors (Lipinski definition) is 2. The first-order valence-electron chi connectivity index (χ1n) is 7.27. The van der Waals surface area contributed by atoms with E-state index in [9.17, 15) is 4.79 Å². The highest BCUT2D eigenvalue weighted by Crippen LogP contribution is 2.15. The molecule has 106 valence electrons. The molecular weight excluding hydrogens is 236 g/mol. The quantitative estimate of drug-likeness (QED) is 0.786. The van der Waals surface area contributed by atoms with Crippen molar-refractivity contribution >= 4 is 11.6 Å². The van der Waals surface area contributed by atoms with Gasteiger partial charge in [0.15, 0.2) is 0 Å². The summed E-state index contributed by atoms with van der Waals surface area (Å²) in [6, 6.07) is 6.19. The summed E-state index contributed by atoms with van der Waals surface area (Å²) in [5.74, 6) is 0.0354. The van der Waals surface area contributed by atoms with Crippen LogP contribution < -0.4 is 10.6 Å². The predicted molar refractivity (Wildman–Crippen MR) is 81.8 cm³/mol. The number of benzene rings is 1. The Labute approximate surface area is 116 Å². The molecule has 3 heteroatoms. The second-order valence-corrected chi connectivity index (χ2v) is 4.94. The van der Waals surface area contributed by atoms with E-state index in [-0.39, 0.29) is 11.9 Å². The van der Waals surface area contributed by atoms with Gasteiger partial charge in [0.25, 0.3) is 5.91 Å². The van der Waals surface area contributed by atoms with Crippen LogP contribution >= 0.6 is 0 Å². The Bertz CT molecular complexity index is 411. The fraction of sp³-hybridized carbons (Fsp3) is 0.562. The van der Waals surface area contributed by atoms with Crippen molar-refractivity contribution < 1.29 is 4.79 Å². The number of rotatable bonds is 7. The van der Waals surface area contributed by atoms with Crippen LogP contribution in [-0.4, -0.2) is 18.5 Å². The molecule has 1 aromatic rings. The second kappa shape index (κ2) is 7.82. The molecule has 1 amide bonds. The first-order chi connectivity index (χ1) is 9.12. The van der Waals surface area contributed by atoms with Gasteiger partial charge in [0.1, 0.15) is 0 Å². The zero-order valence-electron chi connectivity index (χ0n) is 12.5. The molecule has 0 saturated carbocycles. The van der Waals surface area contributed by atoms with Crippen molar-refractivity contribution in [3.8, 4) is 0 Å². The molecule has 0 aromatic heterocycles. The van der Waals surface area contributed by atoms with Gasteiger partial charge in [-0.2, -0.15) is 0 Å². The fourth-order valence-corrected chi connectivity index (χ4v) is 2.05. The van der Waals surface area contributed by atoms with Crippen LogP contribution in [0.3, 0.4) is 0 Å². The van der Waals surface area contributed by atoms with Gasteiger partial charge in [-0.1, -0.05) is 20.8 Å². The monoisotopic (exact) mass is 262 g/mol. The Kier molecular flexibility index (Phi) is 6.40. The van der Waals surface area contributed by atoms with Crippen LogP contribution in [0.2, 0.25) is 0 Å². The smallest absolute Gasteiger partial charge is 0.251 e. The first-order valence-corrected chi connectivity index (χ1v) is 7.27. The molecule has 0 unspecified atom stereocenters. The highest BCUT2D eigenvalue weighted by molar-refractivity contribution is 5.96. The van der Waals surface area contributed by atoms with E-state index in [2.05, 4.69) is 31.4 Å². The lowest BCUT2D eigenvalue weighted by atomic mass is 10.1. The Hall–Kier alpha value is -1.51. The molecule has 0 heterocycles. The van der Waals surface area contributed by atoms with Crippen LogP contribution in [0.25, 0.3) is 0 Å². The van der Waals surface area contributed by atoms with E-state index >= 15 is 0 Å². The van der Waals surface area contributed by atoms with Crippen molar-refractivity contribution in [3.05, 3.63) is 29.3 Å². The van der Waals surface area contributed by atoms with Crippen LogP contribution in [0.15, 0.2) is 18.2 Å². The third-order valence-corrected chi connectivity index (χ3v) is 3.37. The standard InChI is InChI=1S/C16H26N2O/c1-5-10-17-14-8-9-15(12(4)11-14)16(19)18-13(6-2)7-3/h8-9,11,13,17H,5-7,10H2,1-4H3,(H,18,19). The predicted octanol–water partition coefficient (Wildman–Crippen LogP) is 3.74. The largest absolute Gasteiger partial charge is 0.385 e. The summed E-state index contributed by atoms with van der Waals surface area (Å²) in [7, 11) is 0. The van der Waals surface area contributed by atoms with Crippen LogP contribution in [0.1, 0.15) is 56.0 Å². The molecule has 0 fully saturated rings. The van der Waals surface area contributed by atoms with Gasteiger partial charge in [-0.25, -0.2) is 0 Å². The van der Waals surface area contributed by atoms with Crippen LogP contribution in [0, 0.1) is 6.92 Å². The van der Waals surface area contributed by atoms with E-state index in [1.54, 1.807) is 0 Å². The molecule has 0 aliphatic carbocycles. The molecule has 0 saturated heterocycles. The lowest BCUT2D eigenvalue weighted by Crippen LogP contribution is -2.34. The van der Waals surface area contributed by atoms with Gasteiger partial charge in [-0.3, -0.25) is 4.79 Å². The Balaban J connectivity index is 2.75. The van der Waals surface area contributed by atoms with E-state index in [1.807, 2.05) is 25.1 Å². The van der Waals surface area contributed by atoms with Crippen molar-refractivity contribution in [1.29, 1.82) is 0 Å². The lowest BCUT2D eigenvalue weighted by Gasteiger charge is -2.16. The number of carbonyl (C=O) groups is 1. The normalized spacial score (nSPS) is 10.6. The lowest BCUT2D eigenvalue weighted by molar-refractivity contribution is 0.0934. The van der Waals surface area contributed by atoms with Crippen molar-refractivity contribution in [2.45, 2.75) is 53.0 Å². The van der Waals surface area contributed by atoms with Crippen LogP contribution in [0.4, 0.5) is 5.69 Å². The average molecular weight is 262 g/mol. The minimum absolute atomic E-state index is 0.0354. The van der Waals surface area contributed by atoms with Crippen molar-refractivity contribution in [2.75, 3.05) is 11.9 Å². The number of nitrogens with one attached hydrogen (secondary N) is 2. The highest BCUT2D eigenvalue weighted by atomic mass is 16.1. The van der Waals surface area contributed by atoms with Gasteiger partial charge in [-0.15, -0.1) is 0 Å². The summed E-state index contributed by atoms with van der Waals surface area (Å²) in [6.07, 6.45) is 3.03. The Morgan fingerprint density at radius 1 is 1.21 bits per heavy atom. The van der Waals surface area contributed by atoms with E-state index in [1.165, 1.54) is 0 Å². The number of aryl methyl sites for hydroxylation is 1. The molecular formula is C16H26N2O. The minimum Gasteiger partial charge on any atom is -0.385 e. The highest BCUT2D eigenvalue weighted by Gasteiger charge is 2.12. The van der Waals surface area contributed by atoms with E-state index in [4.69, 9.17) is 0 Å². The number of hydrogen-bond acceptors (Lipinski definition) is 2. The summed E-state index contributed by atoms with van der Waals surface area (Å²) in [4.78, 5) is 12.2. The van der Waals surface area contributed by atoms with Gasteiger partial charge in [0.05, 0.1) is 0 Å². The maximum atomic E-state index is 12.2. The topological polar surface area (TPSA) is 41.1 Å². The SMILES string of the molecule is CCCNc1ccc(C(=O)NC(CC)CC)c(C)c1. The molecule has 0 radical (unpaired) electrons. The zero-order valence-corrected chi connectivity index (χ0v) is 12.5. The van der Waals surface area contributed by atoms with Gasteiger partial charge in [0, 0.05) is 23.8 Å². The molecule has 0 atom stereocenters. The maximum Gasteiger partial charge on any atom is 0.251 e. The summed E-state index contributed by atoms with van der Waals surface area (Å²) in [6.45, 7) is 9.27. The zero-order chi connectivity index (χ0) is 14.3. The summed E-state index contributed by atoms with van der Waals surface area (Å²) < 4.78 is 0. The number of carbonyl (C=O) groups excluding carboxylic acids is 1. The minimum atomic E-state index is 0.0354. The molecule has 0 spiro atoms. The van der Waals surface area contributed by atoms with E-state index in [0.29, 0.717) is 0 Å². The molecule has 2 N–H and O–H groups in total. The van der Waals surface area contributed by atoms with Gasteiger partial charge in [-0.05, 0) is 49.9 Å². The molecule has 1 aromatic carbocycles. The van der Waals surface area contributed by atoms with Crippen LogP contribution in [0.5, 0.6) is 0 Å². The van der Waals surface area contributed by atoms with E-state index < -0.39 is 0 Å². The molecule has 1 rings (SSSR count). The Morgan fingerprint density at radius 2 is 1.89 bits per heavy atom. The Morgan fingerprint density at radius 3 is 2.42 bits per heavy atom. The number of amides is 1. The second-order valence-electron chi connectivity index (χ2n) is 4.94. The van der Waals surface area contributed by atoms with Crippen molar-refractivity contribution in [1.82, 2.24) is 5.32 Å². The summed E-state index contributed by atoms with van der Waals surface area (Å²) in [5.41, 5.74) is 2.87. The van der Waals surface area contributed by atoms with Crippen LogP contribution in [-0.2, 0) is 0 Å². The molecule has 3 nitrogen and oxygen atoms in total. The van der Waals surface area contributed by atoms with Gasteiger partial charge < -0.3 is 10.6 Å². The third kappa shape index (κ3) is 4.58.